The van der Waals surface area contributed by atoms with Crippen molar-refractivity contribution >= 4 is 37.3 Å². The van der Waals surface area contributed by atoms with Gasteiger partial charge in [0.25, 0.3) is 10.0 Å². The SMILES string of the molecule is Cn1cc(CNS(=O)(=O)c2sccc2Br)cn1. The van der Waals surface area contributed by atoms with Crippen molar-refractivity contribution in [3.63, 3.8) is 0 Å². The summed E-state index contributed by atoms with van der Waals surface area (Å²) in [6.07, 6.45) is 3.40. The van der Waals surface area contributed by atoms with Gasteiger partial charge in [0.1, 0.15) is 4.21 Å². The zero-order valence-electron chi connectivity index (χ0n) is 8.92. The number of aryl methyl sites for hydroxylation is 1. The summed E-state index contributed by atoms with van der Waals surface area (Å²) >= 11 is 4.39. The lowest BCUT2D eigenvalue weighted by atomic mass is 10.4. The number of thiophene rings is 1. The maximum atomic E-state index is 11.9. The van der Waals surface area contributed by atoms with Crippen molar-refractivity contribution in [1.82, 2.24) is 14.5 Å². The molecule has 2 aromatic heterocycles. The van der Waals surface area contributed by atoms with Crippen molar-refractivity contribution in [3.05, 3.63) is 33.9 Å². The summed E-state index contributed by atoms with van der Waals surface area (Å²) < 4.78 is 28.9. The minimum atomic E-state index is -3.45. The van der Waals surface area contributed by atoms with Crippen LogP contribution in [0.15, 0.2) is 32.5 Å². The largest absolute Gasteiger partial charge is 0.275 e. The zero-order valence-corrected chi connectivity index (χ0v) is 12.1. The maximum Gasteiger partial charge on any atom is 0.251 e. The van der Waals surface area contributed by atoms with Crippen molar-refractivity contribution in [2.45, 2.75) is 10.8 Å². The fourth-order valence-electron chi connectivity index (χ4n) is 1.28. The molecule has 8 heteroatoms. The molecule has 0 unspecified atom stereocenters. The third kappa shape index (κ3) is 2.95. The molecule has 0 saturated heterocycles. The van der Waals surface area contributed by atoms with Gasteiger partial charge in [-0.05, 0) is 27.4 Å². The summed E-state index contributed by atoms with van der Waals surface area (Å²) in [7, 11) is -1.67. The molecule has 5 nitrogen and oxygen atoms in total. The molecule has 0 amide bonds. The Morgan fingerprint density at radius 1 is 1.59 bits per heavy atom. The summed E-state index contributed by atoms with van der Waals surface area (Å²) in [5.74, 6) is 0. The van der Waals surface area contributed by atoms with Crippen LogP contribution in [0.5, 0.6) is 0 Å². The molecule has 0 aliphatic heterocycles. The van der Waals surface area contributed by atoms with Crippen molar-refractivity contribution in [2.75, 3.05) is 0 Å². The Hall–Kier alpha value is -0.700. The van der Waals surface area contributed by atoms with Gasteiger partial charge in [-0.3, -0.25) is 4.68 Å². The first-order valence-electron chi connectivity index (χ1n) is 4.69. The van der Waals surface area contributed by atoms with Gasteiger partial charge >= 0.3 is 0 Å². The minimum Gasteiger partial charge on any atom is -0.275 e. The lowest BCUT2D eigenvalue weighted by Gasteiger charge is -2.03. The Labute approximate surface area is 112 Å². The summed E-state index contributed by atoms with van der Waals surface area (Å²) in [6, 6.07) is 1.71. The molecule has 0 bridgehead atoms. The molecule has 0 radical (unpaired) electrons. The molecule has 17 heavy (non-hydrogen) atoms. The number of hydrogen-bond acceptors (Lipinski definition) is 4. The second-order valence-corrected chi connectivity index (χ2v) is 7.14. The predicted octanol–water partition coefficient (Wildman–Crippen LogP) is 1.72. The van der Waals surface area contributed by atoms with E-state index in [0.29, 0.717) is 8.68 Å². The van der Waals surface area contributed by atoms with Crippen LogP contribution < -0.4 is 4.72 Å². The number of nitrogens with zero attached hydrogens (tertiary/aromatic N) is 2. The van der Waals surface area contributed by atoms with Crippen LogP contribution in [0.2, 0.25) is 0 Å². The first-order valence-corrected chi connectivity index (χ1v) is 7.85. The molecule has 2 rings (SSSR count). The fourth-order valence-corrected chi connectivity index (χ4v) is 4.68. The van der Waals surface area contributed by atoms with E-state index in [0.717, 1.165) is 5.56 Å². The van der Waals surface area contributed by atoms with Gasteiger partial charge in [-0.15, -0.1) is 11.3 Å². The van der Waals surface area contributed by atoms with Crippen molar-refractivity contribution in [1.29, 1.82) is 0 Å². The lowest BCUT2D eigenvalue weighted by Crippen LogP contribution is -2.22. The van der Waals surface area contributed by atoms with Crippen LogP contribution in [-0.2, 0) is 23.6 Å². The number of aromatic nitrogens is 2. The highest BCUT2D eigenvalue weighted by atomic mass is 79.9. The second-order valence-electron chi connectivity index (χ2n) is 3.40. The molecule has 92 valence electrons. The summed E-state index contributed by atoms with van der Waals surface area (Å²) in [5, 5.41) is 5.70. The highest BCUT2D eigenvalue weighted by Gasteiger charge is 2.18. The summed E-state index contributed by atoms with van der Waals surface area (Å²) in [4.78, 5) is 0. The van der Waals surface area contributed by atoms with E-state index in [2.05, 4.69) is 25.8 Å². The molecular weight excluding hydrogens is 326 g/mol. The van der Waals surface area contributed by atoms with Gasteiger partial charge in [-0.2, -0.15) is 5.10 Å². The Morgan fingerprint density at radius 2 is 2.35 bits per heavy atom. The van der Waals surface area contributed by atoms with Gasteiger partial charge in [0.2, 0.25) is 0 Å². The zero-order chi connectivity index (χ0) is 12.5. The maximum absolute atomic E-state index is 11.9. The highest BCUT2D eigenvalue weighted by molar-refractivity contribution is 9.10. The normalized spacial score (nSPS) is 11.9. The molecular formula is C9H10BrN3O2S2. The van der Waals surface area contributed by atoms with E-state index in [1.54, 1.807) is 35.6 Å². The average molecular weight is 336 g/mol. The van der Waals surface area contributed by atoms with E-state index in [9.17, 15) is 8.42 Å². The van der Waals surface area contributed by atoms with Crippen LogP contribution in [0.1, 0.15) is 5.56 Å². The van der Waals surface area contributed by atoms with Crippen LogP contribution in [0.4, 0.5) is 0 Å². The van der Waals surface area contributed by atoms with Crippen LogP contribution in [-0.4, -0.2) is 18.2 Å². The Balaban J connectivity index is 2.11. The van der Waals surface area contributed by atoms with E-state index in [1.165, 1.54) is 11.3 Å². The van der Waals surface area contributed by atoms with Crippen LogP contribution in [0.25, 0.3) is 0 Å². The van der Waals surface area contributed by atoms with Gasteiger partial charge in [0, 0.05) is 29.8 Å². The van der Waals surface area contributed by atoms with E-state index in [4.69, 9.17) is 0 Å². The molecule has 0 atom stereocenters. The number of hydrogen-bond donors (Lipinski definition) is 1. The van der Waals surface area contributed by atoms with Gasteiger partial charge < -0.3 is 0 Å². The molecule has 0 aromatic carbocycles. The van der Waals surface area contributed by atoms with Crippen LogP contribution in [0, 0.1) is 0 Å². The number of halogens is 1. The topological polar surface area (TPSA) is 64.0 Å². The summed E-state index contributed by atoms with van der Waals surface area (Å²) in [5.41, 5.74) is 0.823. The molecule has 0 fully saturated rings. The van der Waals surface area contributed by atoms with Gasteiger partial charge in [-0.25, -0.2) is 13.1 Å². The number of nitrogens with one attached hydrogen (secondary N) is 1. The van der Waals surface area contributed by atoms with E-state index >= 15 is 0 Å². The Bertz CT molecular complexity index is 618. The van der Waals surface area contributed by atoms with Gasteiger partial charge in [0.05, 0.1) is 6.20 Å². The molecule has 2 aromatic rings. The quantitative estimate of drug-likeness (QED) is 0.925. The smallest absolute Gasteiger partial charge is 0.251 e. The lowest BCUT2D eigenvalue weighted by molar-refractivity contribution is 0.583. The third-order valence-corrected chi connectivity index (χ3v) is 6.12. The van der Waals surface area contributed by atoms with Crippen LogP contribution in [0.3, 0.4) is 0 Å². The van der Waals surface area contributed by atoms with E-state index in [-0.39, 0.29) is 6.54 Å². The van der Waals surface area contributed by atoms with Crippen molar-refractivity contribution in [3.8, 4) is 0 Å². The fraction of sp³-hybridized carbons (Fsp3) is 0.222. The van der Waals surface area contributed by atoms with Crippen LogP contribution >= 0.6 is 27.3 Å². The Kier molecular flexibility index (Phi) is 3.67. The standard InChI is InChI=1S/C9H10BrN3O2S2/c1-13-6-7(4-11-13)5-12-17(14,15)9-8(10)2-3-16-9/h2-4,6,12H,5H2,1H3. The number of rotatable bonds is 4. The van der Waals surface area contributed by atoms with Gasteiger partial charge in [-0.1, -0.05) is 0 Å². The molecule has 0 aliphatic carbocycles. The third-order valence-electron chi connectivity index (χ3n) is 2.05. The average Bonchev–Trinajstić information content (AvgIpc) is 2.85. The molecule has 1 N–H and O–H groups in total. The van der Waals surface area contributed by atoms with E-state index in [1.807, 2.05) is 0 Å². The molecule has 0 saturated carbocycles. The van der Waals surface area contributed by atoms with Crippen molar-refractivity contribution in [2.24, 2.45) is 7.05 Å². The monoisotopic (exact) mass is 335 g/mol. The first kappa shape index (κ1) is 12.7. The second kappa shape index (κ2) is 4.89. The van der Waals surface area contributed by atoms with Gasteiger partial charge in [0.15, 0.2) is 0 Å². The number of sulfonamides is 1. The molecule has 0 spiro atoms. The molecule has 2 heterocycles. The molecule has 0 aliphatic rings. The first-order chi connectivity index (χ1) is 7.99. The minimum absolute atomic E-state index is 0.237. The predicted molar refractivity (Wildman–Crippen MR) is 69.3 cm³/mol. The summed E-state index contributed by atoms with van der Waals surface area (Å²) in [6.45, 7) is 0.237. The van der Waals surface area contributed by atoms with E-state index < -0.39 is 10.0 Å². The Morgan fingerprint density at radius 3 is 2.88 bits per heavy atom. The van der Waals surface area contributed by atoms with Crippen molar-refractivity contribution < 1.29 is 8.42 Å². The highest BCUT2D eigenvalue weighted by Crippen LogP contribution is 2.27.